The molecule has 3 aromatic carbocycles. The Morgan fingerprint density at radius 1 is 1.03 bits per heavy atom. The maximum absolute atomic E-state index is 14.9. The second-order valence-electron chi connectivity index (χ2n) is 8.87. The van der Waals surface area contributed by atoms with Crippen LogP contribution in [0.15, 0.2) is 60.7 Å². The topological polar surface area (TPSA) is 68.3 Å². The van der Waals surface area contributed by atoms with Gasteiger partial charge in [-0.3, -0.25) is 9.59 Å². The van der Waals surface area contributed by atoms with Crippen LogP contribution in [0.3, 0.4) is 0 Å². The Morgan fingerprint density at radius 2 is 1.77 bits per heavy atom. The van der Waals surface area contributed by atoms with E-state index in [4.69, 9.17) is 4.74 Å². The van der Waals surface area contributed by atoms with Gasteiger partial charge in [-0.2, -0.15) is 0 Å². The molecule has 1 aliphatic rings. The molecule has 0 aliphatic heterocycles. The summed E-state index contributed by atoms with van der Waals surface area (Å²) in [6, 6.07) is 18.1. The average molecular weight is 489 g/mol. The van der Waals surface area contributed by atoms with Crippen molar-refractivity contribution < 1.29 is 18.7 Å². The van der Waals surface area contributed by atoms with Crippen molar-refractivity contribution in [3.05, 3.63) is 77.6 Å². The molecule has 1 fully saturated rings. The van der Waals surface area contributed by atoms with Crippen molar-refractivity contribution in [2.45, 2.75) is 26.2 Å². The highest BCUT2D eigenvalue weighted by Crippen LogP contribution is 2.36. The summed E-state index contributed by atoms with van der Waals surface area (Å²) in [4.78, 5) is 29.6. The highest BCUT2D eigenvalue weighted by molar-refractivity contribution is 7.22. The third-order valence-electron chi connectivity index (χ3n) is 6.69. The molecule has 0 unspecified atom stereocenters. The third kappa shape index (κ3) is 4.56. The van der Waals surface area contributed by atoms with E-state index >= 15 is 0 Å². The van der Waals surface area contributed by atoms with Crippen LogP contribution in [0.4, 0.5) is 15.2 Å². The van der Waals surface area contributed by atoms with E-state index in [0.29, 0.717) is 34.8 Å². The number of benzene rings is 3. The van der Waals surface area contributed by atoms with E-state index < -0.39 is 0 Å². The number of aryl methyl sites for hydroxylation is 1. The van der Waals surface area contributed by atoms with E-state index in [0.717, 1.165) is 27.8 Å². The highest BCUT2D eigenvalue weighted by atomic mass is 32.1. The number of thiazole rings is 1. The summed E-state index contributed by atoms with van der Waals surface area (Å²) in [6.07, 6.45) is 2.20. The summed E-state index contributed by atoms with van der Waals surface area (Å²) in [5.74, 6) is -1.46. The third-order valence-corrected chi connectivity index (χ3v) is 7.63. The second-order valence-corrected chi connectivity index (χ2v) is 9.90. The molecule has 7 heteroatoms. The zero-order valence-electron chi connectivity index (χ0n) is 19.5. The SMILES string of the molecule is COC(=O)[C@@H]1CCC[C@H]1C(=O)c1ccc(-c2ccc(Nc3nc4c(C)cccc4s3)c(F)c2)cc1. The Balaban J connectivity index is 1.32. The first-order chi connectivity index (χ1) is 16.9. The number of esters is 1. The molecule has 2 atom stereocenters. The van der Waals surface area contributed by atoms with Crippen LogP contribution >= 0.6 is 11.3 Å². The van der Waals surface area contributed by atoms with Crippen LogP contribution in [0.2, 0.25) is 0 Å². The van der Waals surface area contributed by atoms with Crippen LogP contribution in [-0.2, 0) is 9.53 Å². The fraction of sp³-hybridized carbons (Fsp3) is 0.250. The predicted molar refractivity (Wildman–Crippen MR) is 137 cm³/mol. The maximum atomic E-state index is 14.9. The van der Waals surface area contributed by atoms with Crippen molar-refractivity contribution in [1.29, 1.82) is 0 Å². The molecule has 5 nitrogen and oxygen atoms in total. The minimum absolute atomic E-state index is 0.0405. The van der Waals surface area contributed by atoms with Gasteiger partial charge in [0.25, 0.3) is 0 Å². The zero-order valence-corrected chi connectivity index (χ0v) is 20.3. The smallest absolute Gasteiger partial charge is 0.309 e. The minimum atomic E-state index is -0.384. The Bertz CT molecular complexity index is 1410. The fourth-order valence-corrected chi connectivity index (χ4v) is 5.76. The molecule has 1 heterocycles. The van der Waals surface area contributed by atoms with Crippen LogP contribution in [0, 0.1) is 24.6 Å². The van der Waals surface area contributed by atoms with Gasteiger partial charge in [-0.25, -0.2) is 9.37 Å². The number of aromatic nitrogens is 1. The van der Waals surface area contributed by atoms with Crippen molar-refractivity contribution >= 4 is 44.1 Å². The number of hydrogen-bond acceptors (Lipinski definition) is 6. The van der Waals surface area contributed by atoms with Crippen LogP contribution in [0.1, 0.15) is 35.2 Å². The summed E-state index contributed by atoms with van der Waals surface area (Å²) in [6.45, 7) is 2.01. The molecular weight excluding hydrogens is 463 g/mol. The van der Waals surface area contributed by atoms with Gasteiger partial charge in [0.15, 0.2) is 10.9 Å². The first-order valence-corrected chi connectivity index (χ1v) is 12.4. The Hall–Kier alpha value is -3.58. The molecule has 1 N–H and O–H groups in total. The largest absolute Gasteiger partial charge is 0.469 e. The van der Waals surface area contributed by atoms with Crippen molar-refractivity contribution in [3.63, 3.8) is 0 Å². The molecular formula is C28H25FN2O3S. The zero-order chi connectivity index (χ0) is 24.5. The number of rotatable bonds is 6. The van der Waals surface area contributed by atoms with E-state index in [1.165, 1.54) is 24.5 Å². The number of anilines is 2. The lowest BCUT2D eigenvalue weighted by Gasteiger charge is -2.16. The van der Waals surface area contributed by atoms with E-state index in [2.05, 4.69) is 10.3 Å². The molecule has 0 saturated heterocycles. The van der Waals surface area contributed by atoms with Gasteiger partial charge in [0, 0.05) is 11.5 Å². The Kier molecular flexibility index (Phi) is 6.34. The monoisotopic (exact) mass is 488 g/mol. The van der Waals surface area contributed by atoms with Gasteiger partial charge in [0.2, 0.25) is 0 Å². The quantitative estimate of drug-likeness (QED) is 0.236. The summed E-state index contributed by atoms with van der Waals surface area (Å²) in [5, 5.41) is 3.73. The van der Waals surface area contributed by atoms with Gasteiger partial charge in [-0.15, -0.1) is 0 Å². The van der Waals surface area contributed by atoms with E-state index in [-0.39, 0.29) is 29.4 Å². The molecule has 1 aliphatic carbocycles. The van der Waals surface area contributed by atoms with Gasteiger partial charge >= 0.3 is 5.97 Å². The van der Waals surface area contributed by atoms with Crippen LogP contribution in [-0.4, -0.2) is 23.8 Å². The number of nitrogens with zero attached hydrogens (tertiary/aromatic N) is 1. The summed E-state index contributed by atoms with van der Waals surface area (Å²) >= 11 is 1.48. The van der Waals surface area contributed by atoms with Crippen LogP contribution < -0.4 is 5.32 Å². The molecule has 4 aromatic rings. The number of ketones is 1. The predicted octanol–water partition coefficient (Wildman–Crippen LogP) is 6.93. The number of nitrogens with one attached hydrogen (secondary N) is 1. The molecule has 0 amide bonds. The molecule has 178 valence electrons. The molecule has 0 radical (unpaired) electrons. The summed E-state index contributed by atoms with van der Waals surface area (Å²) < 4.78 is 20.9. The van der Waals surface area contributed by atoms with Crippen LogP contribution in [0.5, 0.6) is 0 Å². The maximum Gasteiger partial charge on any atom is 0.309 e. The fourth-order valence-electron chi connectivity index (χ4n) is 4.80. The number of ether oxygens (including phenoxy) is 1. The van der Waals surface area contributed by atoms with E-state index in [1.54, 1.807) is 18.2 Å². The standard InChI is InChI=1S/C28H25FN2O3S/c1-16-5-3-8-24-25(16)31-28(35-24)30-23-14-13-19(15-22(23)29)17-9-11-18(12-10-17)26(32)20-6-4-7-21(20)27(33)34-2/h3,5,8-15,20-21H,4,6-7H2,1-2H3,(H,30,31)/t20-,21-/m1/s1. The first-order valence-electron chi connectivity index (χ1n) is 11.6. The van der Waals surface area contributed by atoms with Crippen molar-refractivity contribution in [2.75, 3.05) is 12.4 Å². The number of carbonyl (C=O) groups excluding carboxylic acids is 2. The summed E-state index contributed by atoms with van der Waals surface area (Å²) in [5.41, 5.74) is 4.42. The molecule has 35 heavy (non-hydrogen) atoms. The number of carbonyl (C=O) groups is 2. The van der Waals surface area contributed by atoms with Gasteiger partial charge in [-0.05, 0) is 54.7 Å². The number of para-hydroxylation sites is 1. The van der Waals surface area contributed by atoms with Crippen LogP contribution in [0.25, 0.3) is 21.3 Å². The number of fused-ring (bicyclic) bond motifs is 1. The molecule has 1 saturated carbocycles. The Morgan fingerprint density at radius 3 is 2.49 bits per heavy atom. The van der Waals surface area contributed by atoms with Gasteiger partial charge in [-0.1, -0.05) is 60.2 Å². The lowest BCUT2D eigenvalue weighted by atomic mass is 9.88. The van der Waals surface area contributed by atoms with E-state index in [1.807, 2.05) is 43.3 Å². The van der Waals surface area contributed by atoms with Gasteiger partial charge in [0.05, 0.1) is 28.9 Å². The molecule has 0 spiro atoms. The first kappa shape index (κ1) is 23.2. The number of halogens is 1. The lowest BCUT2D eigenvalue weighted by Crippen LogP contribution is -2.26. The molecule has 5 rings (SSSR count). The van der Waals surface area contributed by atoms with Crippen molar-refractivity contribution in [2.24, 2.45) is 11.8 Å². The summed E-state index contributed by atoms with van der Waals surface area (Å²) in [7, 11) is 1.36. The Labute approximate surface area is 207 Å². The second kappa shape index (κ2) is 9.58. The van der Waals surface area contributed by atoms with Gasteiger partial charge in [0.1, 0.15) is 5.82 Å². The normalized spacial score (nSPS) is 17.5. The van der Waals surface area contributed by atoms with Gasteiger partial charge < -0.3 is 10.1 Å². The average Bonchev–Trinajstić information content (AvgIpc) is 3.52. The number of methoxy groups -OCH3 is 1. The minimum Gasteiger partial charge on any atom is -0.469 e. The highest BCUT2D eigenvalue weighted by Gasteiger charge is 2.38. The van der Waals surface area contributed by atoms with Crippen molar-refractivity contribution in [3.8, 4) is 11.1 Å². The number of hydrogen-bond donors (Lipinski definition) is 1. The molecule has 1 aromatic heterocycles. The van der Waals surface area contributed by atoms with E-state index in [9.17, 15) is 14.0 Å². The number of Topliss-reactive ketones (excluding diaryl/α,β-unsaturated/α-hetero) is 1. The molecule has 0 bridgehead atoms. The lowest BCUT2D eigenvalue weighted by molar-refractivity contribution is -0.146. The van der Waals surface area contributed by atoms with Crippen molar-refractivity contribution in [1.82, 2.24) is 4.98 Å².